The van der Waals surface area contributed by atoms with Crippen LogP contribution >= 0.6 is 11.3 Å². The van der Waals surface area contributed by atoms with Crippen LogP contribution in [-0.4, -0.2) is 37.4 Å². The van der Waals surface area contributed by atoms with E-state index in [-0.39, 0.29) is 0 Å². The van der Waals surface area contributed by atoms with Gasteiger partial charge in [0.15, 0.2) is 0 Å². The Balaban J connectivity index is 1.96. The lowest BCUT2D eigenvalue weighted by atomic mass is 9.81. The first-order chi connectivity index (χ1) is 8.56. The molecule has 0 amide bonds. The summed E-state index contributed by atoms with van der Waals surface area (Å²) in [7, 11) is 4.09. The summed E-state index contributed by atoms with van der Waals surface area (Å²) in [5.74, 6) is 0. The predicted molar refractivity (Wildman–Crippen MR) is 78.6 cm³/mol. The van der Waals surface area contributed by atoms with E-state index in [1.807, 2.05) is 18.4 Å². The van der Waals surface area contributed by atoms with Crippen LogP contribution in [0.4, 0.5) is 5.00 Å². The molecule has 2 rings (SSSR count). The summed E-state index contributed by atoms with van der Waals surface area (Å²) in [6, 6.07) is 2.75. The van der Waals surface area contributed by atoms with Gasteiger partial charge in [-0.3, -0.25) is 0 Å². The molecule has 0 unspecified atom stereocenters. The molecule has 102 valence electrons. The third kappa shape index (κ3) is 2.87. The lowest BCUT2D eigenvalue weighted by molar-refractivity contribution is 0.00203. The van der Waals surface area contributed by atoms with Crippen molar-refractivity contribution < 1.29 is 5.11 Å². The Bertz CT molecular complexity index is 383. The second kappa shape index (κ2) is 5.59. The van der Waals surface area contributed by atoms with E-state index in [4.69, 9.17) is 0 Å². The van der Waals surface area contributed by atoms with E-state index < -0.39 is 5.60 Å². The second-order valence-electron chi connectivity index (χ2n) is 5.51. The lowest BCUT2D eigenvalue weighted by Gasteiger charge is -2.40. The minimum atomic E-state index is -0.489. The zero-order valence-corrected chi connectivity index (χ0v) is 12.4. The molecule has 1 aliphatic rings. The first-order valence-corrected chi connectivity index (χ1v) is 7.57. The zero-order chi connectivity index (χ0) is 13.2. The molecule has 0 atom stereocenters. The number of anilines is 1. The topological polar surface area (TPSA) is 35.5 Å². The van der Waals surface area contributed by atoms with Crippen LogP contribution in [0.15, 0.2) is 11.4 Å². The number of aryl methyl sites for hydroxylation is 1. The standard InChI is InChI=1S/C14H24N2OS/c1-11-6-9-18-13(11)16(3)12-4-7-14(17,8-5-12)10-15-2/h6,9,12,15,17H,4-5,7-8,10H2,1-3H3. The van der Waals surface area contributed by atoms with Crippen molar-refractivity contribution in [1.29, 1.82) is 0 Å². The maximum Gasteiger partial charge on any atom is 0.0938 e. The number of aliphatic hydroxyl groups is 1. The van der Waals surface area contributed by atoms with Crippen molar-refractivity contribution in [2.24, 2.45) is 0 Å². The molecule has 1 aromatic rings. The SMILES string of the molecule is CNCC1(O)CCC(N(C)c2sccc2C)CC1. The van der Waals surface area contributed by atoms with Crippen LogP contribution in [0.3, 0.4) is 0 Å². The van der Waals surface area contributed by atoms with E-state index in [0.717, 1.165) is 25.7 Å². The van der Waals surface area contributed by atoms with Crippen molar-refractivity contribution in [2.45, 2.75) is 44.2 Å². The fourth-order valence-corrected chi connectivity index (χ4v) is 3.90. The third-order valence-electron chi connectivity index (χ3n) is 4.09. The number of rotatable bonds is 4. The monoisotopic (exact) mass is 268 g/mol. The Labute approximate surface area is 114 Å². The summed E-state index contributed by atoms with van der Waals surface area (Å²) in [6.45, 7) is 2.88. The van der Waals surface area contributed by atoms with Crippen molar-refractivity contribution in [3.8, 4) is 0 Å². The van der Waals surface area contributed by atoms with Crippen molar-refractivity contribution >= 4 is 16.3 Å². The normalized spacial score (nSPS) is 28.3. The van der Waals surface area contributed by atoms with E-state index in [1.54, 1.807) is 0 Å². The third-order valence-corrected chi connectivity index (χ3v) is 5.20. The maximum absolute atomic E-state index is 10.4. The van der Waals surface area contributed by atoms with Gasteiger partial charge in [-0.25, -0.2) is 0 Å². The molecule has 1 fully saturated rings. The van der Waals surface area contributed by atoms with E-state index in [9.17, 15) is 5.11 Å². The van der Waals surface area contributed by atoms with Crippen molar-refractivity contribution in [3.05, 3.63) is 17.0 Å². The van der Waals surface area contributed by atoms with Crippen LogP contribution in [0.25, 0.3) is 0 Å². The molecule has 3 nitrogen and oxygen atoms in total. The first kappa shape index (κ1) is 13.8. The van der Waals surface area contributed by atoms with E-state index >= 15 is 0 Å². The molecule has 1 aliphatic carbocycles. The Morgan fingerprint density at radius 2 is 2.17 bits per heavy atom. The van der Waals surface area contributed by atoms with Gasteiger partial charge in [-0.2, -0.15) is 0 Å². The number of hydrogen-bond acceptors (Lipinski definition) is 4. The second-order valence-corrected chi connectivity index (χ2v) is 6.40. The first-order valence-electron chi connectivity index (χ1n) is 6.70. The highest BCUT2D eigenvalue weighted by Crippen LogP contribution is 2.35. The number of hydrogen-bond donors (Lipinski definition) is 2. The number of nitrogens with one attached hydrogen (secondary N) is 1. The van der Waals surface area contributed by atoms with Gasteiger partial charge >= 0.3 is 0 Å². The Hall–Kier alpha value is -0.580. The van der Waals surface area contributed by atoms with Crippen LogP contribution in [-0.2, 0) is 0 Å². The Morgan fingerprint density at radius 3 is 2.67 bits per heavy atom. The molecule has 18 heavy (non-hydrogen) atoms. The molecular weight excluding hydrogens is 244 g/mol. The van der Waals surface area contributed by atoms with Crippen LogP contribution in [0.5, 0.6) is 0 Å². The van der Waals surface area contributed by atoms with Gasteiger partial charge in [-0.15, -0.1) is 11.3 Å². The maximum atomic E-state index is 10.4. The molecule has 0 spiro atoms. The van der Waals surface area contributed by atoms with Gasteiger partial charge in [0.25, 0.3) is 0 Å². The molecule has 0 saturated heterocycles. The average molecular weight is 268 g/mol. The highest BCUT2D eigenvalue weighted by Gasteiger charge is 2.34. The fraction of sp³-hybridized carbons (Fsp3) is 0.714. The molecule has 2 N–H and O–H groups in total. The molecule has 1 aromatic heterocycles. The number of thiophene rings is 1. The number of likely N-dealkylation sites (N-methyl/N-ethyl adjacent to an activating group) is 1. The van der Waals surface area contributed by atoms with E-state index in [0.29, 0.717) is 12.6 Å². The lowest BCUT2D eigenvalue weighted by Crippen LogP contribution is -2.46. The van der Waals surface area contributed by atoms with Crippen molar-refractivity contribution in [1.82, 2.24) is 5.32 Å². The summed E-state index contributed by atoms with van der Waals surface area (Å²) in [4.78, 5) is 2.40. The van der Waals surface area contributed by atoms with Gasteiger partial charge in [-0.1, -0.05) is 0 Å². The summed E-state index contributed by atoms with van der Waals surface area (Å²) < 4.78 is 0. The highest BCUT2D eigenvalue weighted by atomic mass is 32.1. The Kier molecular flexibility index (Phi) is 4.30. The molecule has 0 bridgehead atoms. The minimum Gasteiger partial charge on any atom is -0.389 e. The molecule has 1 saturated carbocycles. The number of nitrogens with zero attached hydrogens (tertiary/aromatic N) is 1. The van der Waals surface area contributed by atoms with Crippen LogP contribution in [0.2, 0.25) is 0 Å². The molecule has 0 aliphatic heterocycles. The van der Waals surface area contributed by atoms with Gasteiger partial charge in [0, 0.05) is 19.6 Å². The largest absolute Gasteiger partial charge is 0.389 e. The van der Waals surface area contributed by atoms with Crippen molar-refractivity contribution in [3.63, 3.8) is 0 Å². The van der Waals surface area contributed by atoms with Gasteiger partial charge in [0.05, 0.1) is 10.6 Å². The molecule has 0 radical (unpaired) electrons. The summed E-state index contributed by atoms with van der Waals surface area (Å²) in [6.07, 6.45) is 3.94. The van der Waals surface area contributed by atoms with Gasteiger partial charge < -0.3 is 15.3 Å². The molecule has 0 aromatic carbocycles. The minimum absolute atomic E-state index is 0.489. The zero-order valence-electron chi connectivity index (χ0n) is 11.6. The van der Waals surface area contributed by atoms with E-state index in [1.165, 1.54) is 10.6 Å². The summed E-state index contributed by atoms with van der Waals surface area (Å²) >= 11 is 1.81. The quantitative estimate of drug-likeness (QED) is 0.880. The molecular formula is C14H24N2OS. The van der Waals surface area contributed by atoms with Crippen molar-refractivity contribution in [2.75, 3.05) is 25.5 Å². The molecule has 4 heteroatoms. The van der Waals surface area contributed by atoms with Gasteiger partial charge in [0.1, 0.15) is 0 Å². The average Bonchev–Trinajstić information content (AvgIpc) is 2.76. The van der Waals surface area contributed by atoms with Crippen LogP contribution in [0.1, 0.15) is 31.2 Å². The summed E-state index contributed by atoms with van der Waals surface area (Å²) in [5.41, 5.74) is 0.870. The van der Waals surface area contributed by atoms with Gasteiger partial charge in [-0.05, 0) is 56.7 Å². The smallest absolute Gasteiger partial charge is 0.0938 e. The van der Waals surface area contributed by atoms with Crippen LogP contribution in [0, 0.1) is 6.92 Å². The van der Waals surface area contributed by atoms with E-state index in [2.05, 4.69) is 35.6 Å². The molecule has 1 heterocycles. The summed E-state index contributed by atoms with van der Waals surface area (Å²) in [5, 5.41) is 17.0. The fourth-order valence-electron chi connectivity index (χ4n) is 2.92. The predicted octanol–water partition coefficient (Wildman–Crippen LogP) is 2.39. The highest BCUT2D eigenvalue weighted by molar-refractivity contribution is 7.14. The van der Waals surface area contributed by atoms with Crippen LogP contribution < -0.4 is 10.2 Å². The van der Waals surface area contributed by atoms with Gasteiger partial charge in [0.2, 0.25) is 0 Å². The Morgan fingerprint density at radius 1 is 1.50 bits per heavy atom.